The van der Waals surface area contributed by atoms with Crippen molar-refractivity contribution in [3.8, 4) is 0 Å². The third-order valence-corrected chi connectivity index (χ3v) is 6.17. The number of halogens is 5. The fourth-order valence-corrected chi connectivity index (χ4v) is 4.69. The number of hydrogen-bond acceptors (Lipinski definition) is 4. The van der Waals surface area contributed by atoms with Gasteiger partial charge in [-0.25, -0.2) is 4.79 Å². The number of carbonyl (C=O) groups is 3. The van der Waals surface area contributed by atoms with Gasteiger partial charge in [0, 0.05) is 16.8 Å². The Labute approximate surface area is 186 Å². The van der Waals surface area contributed by atoms with Gasteiger partial charge in [0.15, 0.2) is 0 Å². The fraction of sp³-hybridized carbons (Fsp3) is 0.450. The quantitative estimate of drug-likeness (QED) is 0.656. The number of nitrogens with zero attached hydrogens (tertiary/aromatic N) is 1. The average Bonchev–Trinajstić information content (AvgIpc) is 3.26. The molecule has 0 saturated heterocycles. The Morgan fingerprint density at radius 2 is 1.84 bits per heavy atom. The summed E-state index contributed by atoms with van der Waals surface area (Å²) in [6.07, 6.45) is -2.89. The molecule has 1 saturated carbocycles. The Bertz CT molecular complexity index is 974. The number of carbonyl (C=O) groups excluding carboxylic acids is 3. The highest BCUT2D eigenvalue weighted by molar-refractivity contribution is 6.36. The van der Waals surface area contributed by atoms with Crippen LogP contribution in [0.1, 0.15) is 43.0 Å². The van der Waals surface area contributed by atoms with Gasteiger partial charge in [0.1, 0.15) is 5.57 Å². The van der Waals surface area contributed by atoms with Crippen molar-refractivity contribution in [1.82, 2.24) is 10.2 Å². The van der Waals surface area contributed by atoms with E-state index in [1.165, 1.54) is 19.1 Å². The van der Waals surface area contributed by atoms with E-state index in [9.17, 15) is 27.6 Å². The molecule has 0 aromatic heterocycles. The van der Waals surface area contributed by atoms with Crippen molar-refractivity contribution in [1.29, 1.82) is 0 Å². The lowest BCUT2D eigenvalue weighted by molar-refractivity contribution is -0.192. The monoisotopic (exact) mass is 478 g/mol. The molecule has 3 rings (SSSR count). The zero-order valence-electron chi connectivity index (χ0n) is 16.6. The average molecular weight is 479 g/mol. The number of rotatable bonds is 4. The first-order chi connectivity index (χ1) is 14.5. The molecule has 0 spiro atoms. The lowest BCUT2D eigenvalue weighted by Gasteiger charge is -2.34. The summed E-state index contributed by atoms with van der Waals surface area (Å²) in [7, 11) is 0.907. The smallest absolute Gasteiger partial charge is 0.425 e. The summed E-state index contributed by atoms with van der Waals surface area (Å²) in [5.74, 6) is -4.08. The van der Waals surface area contributed by atoms with Crippen LogP contribution in [0.25, 0.3) is 0 Å². The van der Waals surface area contributed by atoms with Crippen LogP contribution in [-0.4, -0.2) is 47.6 Å². The van der Waals surface area contributed by atoms with Crippen LogP contribution in [0.4, 0.5) is 13.2 Å². The number of benzene rings is 1. The van der Waals surface area contributed by atoms with E-state index in [0.29, 0.717) is 12.8 Å². The molecular formula is C20H19Cl2F3N2O4. The van der Waals surface area contributed by atoms with Crippen LogP contribution >= 0.6 is 23.2 Å². The summed E-state index contributed by atoms with van der Waals surface area (Å²) in [5.41, 5.74) is -5.09. The molecule has 1 atom stereocenters. The molecule has 1 aromatic rings. The third-order valence-electron chi connectivity index (χ3n) is 5.62. The summed E-state index contributed by atoms with van der Waals surface area (Å²) >= 11 is 11.8. The highest BCUT2D eigenvalue weighted by Gasteiger charge is 2.71. The highest BCUT2D eigenvalue weighted by Crippen LogP contribution is 2.47. The van der Waals surface area contributed by atoms with Crippen LogP contribution in [0.5, 0.6) is 0 Å². The van der Waals surface area contributed by atoms with Crippen molar-refractivity contribution in [3.63, 3.8) is 0 Å². The predicted molar refractivity (Wildman–Crippen MR) is 107 cm³/mol. The Morgan fingerprint density at radius 3 is 2.35 bits per heavy atom. The summed E-state index contributed by atoms with van der Waals surface area (Å²) in [4.78, 5) is 39.6. The molecule has 2 amide bonds. The van der Waals surface area contributed by atoms with Crippen LogP contribution in [-0.2, 0) is 14.3 Å². The minimum atomic E-state index is -5.34. The molecule has 1 N–H and O–H groups in total. The van der Waals surface area contributed by atoms with E-state index in [1.54, 1.807) is 5.32 Å². The van der Waals surface area contributed by atoms with Gasteiger partial charge in [0.25, 0.3) is 17.4 Å². The SMILES string of the molecule is COC(=O)C1=C(C)N(C2CCCC2)C(=O)C1(NC(=O)c1ccc(Cl)cc1Cl)C(F)(F)F. The third kappa shape index (κ3) is 3.78. The molecule has 1 aliphatic carbocycles. The Hall–Kier alpha value is -2.26. The molecule has 1 fully saturated rings. The Kier molecular flexibility index (Phi) is 6.30. The zero-order valence-corrected chi connectivity index (χ0v) is 18.1. The number of nitrogens with one attached hydrogen (secondary N) is 1. The standard InChI is InChI=1S/C20H19Cl2F3N2O4/c1-10-15(17(29)31-2)19(20(23,24)25,18(30)27(10)12-5-3-4-6-12)26-16(28)13-8-7-11(21)9-14(13)22/h7-9,12H,3-6H2,1-2H3,(H,26,28). The first kappa shape index (κ1) is 23.4. The fourth-order valence-electron chi connectivity index (χ4n) is 4.20. The van der Waals surface area contributed by atoms with Crippen molar-refractivity contribution in [2.75, 3.05) is 7.11 Å². The van der Waals surface area contributed by atoms with Gasteiger partial charge >= 0.3 is 12.1 Å². The topological polar surface area (TPSA) is 75.7 Å². The minimum absolute atomic E-state index is 0.169. The van der Waals surface area contributed by atoms with E-state index in [1.807, 2.05) is 0 Å². The van der Waals surface area contributed by atoms with E-state index in [0.717, 1.165) is 30.9 Å². The molecule has 1 aliphatic heterocycles. The normalized spacial score (nSPS) is 22.3. The Balaban J connectivity index is 2.16. The number of allylic oxidation sites excluding steroid dienone is 1. The number of esters is 1. The maximum atomic E-state index is 14.5. The Morgan fingerprint density at radius 1 is 1.23 bits per heavy atom. The second kappa shape index (κ2) is 8.35. The maximum absolute atomic E-state index is 14.5. The van der Waals surface area contributed by atoms with E-state index in [4.69, 9.17) is 23.2 Å². The minimum Gasteiger partial charge on any atom is -0.466 e. The van der Waals surface area contributed by atoms with E-state index < -0.39 is 41.1 Å². The van der Waals surface area contributed by atoms with Crippen LogP contribution in [0.3, 0.4) is 0 Å². The molecule has 1 aromatic carbocycles. The second-order valence-electron chi connectivity index (χ2n) is 7.39. The van der Waals surface area contributed by atoms with E-state index in [2.05, 4.69) is 4.74 Å². The van der Waals surface area contributed by atoms with Crippen LogP contribution in [0, 0.1) is 0 Å². The zero-order chi connectivity index (χ0) is 23.1. The van der Waals surface area contributed by atoms with E-state index >= 15 is 0 Å². The number of alkyl halides is 3. The van der Waals surface area contributed by atoms with Crippen molar-refractivity contribution in [3.05, 3.63) is 45.1 Å². The van der Waals surface area contributed by atoms with Crippen LogP contribution in [0.15, 0.2) is 29.5 Å². The van der Waals surface area contributed by atoms with Gasteiger partial charge in [-0.05, 0) is 38.0 Å². The lowest BCUT2D eigenvalue weighted by atomic mass is 9.88. The molecular weight excluding hydrogens is 460 g/mol. The molecule has 2 aliphatic rings. The summed E-state index contributed by atoms with van der Waals surface area (Å²) in [6.45, 7) is 1.25. The highest BCUT2D eigenvalue weighted by atomic mass is 35.5. The molecule has 0 bridgehead atoms. The van der Waals surface area contributed by atoms with Crippen LogP contribution in [0.2, 0.25) is 10.0 Å². The summed E-state index contributed by atoms with van der Waals surface area (Å²) < 4.78 is 48.2. The number of hydrogen-bond donors (Lipinski definition) is 1. The van der Waals surface area contributed by atoms with Gasteiger partial charge in [-0.2, -0.15) is 13.2 Å². The molecule has 0 radical (unpaired) electrons. The lowest BCUT2D eigenvalue weighted by Crippen LogP contribution is -2.66. The van der Waals surface area contributed by atoms with Crippen LogP contribution < -0.4 is 5.32 Å². The summed E-state index contributed by atoms with van der Waals surface area (Å²) in [6, 6.07) is 3.08. The van der Waals surface area contributed by atoms with Gasteiger partial charge in [0.2, 0.25) is 0 Å². The van der Waals surface area contributed by atoms with Crippen molar-refractivity contribution in [2.24, 2.45) is 0 Å². The largest absolute Gasteiger partial charge is 0.466 e. The molecule has 31 heavy (non-hydrogen) atoms. The number of methoxy groups -OCH3 is 1. The van der Waals surface area contributed by atoms with E-state index in [-0.39, 0.29) is 21.3 Å². The molecule has 6 nitrogen and oxygen atoms in total. The van der Waals surface area contributed by atoms with Gasteiger partial charge in [-0.1, -0.05) is 36.0 Å². The van der Waals surface area contributed by atoms with Crippen molar-refractivity contribution >= 4 is 41.0 Å². The summed E-state index contributed by atoms with van der Waals surface area (Å²) in [5, 5.41) is 1.73. The number of ether oxygens (including phenoxy) is 1. The van der Waals surface area contributed by atoms with Crippen molar-refractivity contribution in [2.45, 2.75) is 50.4 Å². The number of amides is 2. The van der Waals surface area contributed by atoms with Crippen molar-refractivity contribution < 1.29 is 32.3 Å². The first-order valence-electron chi connectivity index (χ1n) is 9.43. The van der Waals surface area contributed by atoms with Gasteiger partial charge in [0.05, 0.1) is 17.7 Å². The molecule has 1 heterocycles. The van der Waals surface area contributed by atoms with Gasteiger partial charge in [-0.15, -0.1) is 0 Å². The van der Waals surface area contributed by atoms with Gasteiger partial charge < -0.3 is 15.0 Å². The van der Waals surface area contributed by atoms with Gasteiger partial charge in [-0.3, -0.25) is 9.59 Å². The predicted octanol–water partition coefficient (Wildman–Crippen LogP) is 4.26. The molecule has 1 unspecified atom stereocenters. The first-order valence-corrected chi connectivity index (χ1v) is 10.2. The molecule has 168 valence electrons. The molecule has 11 heteroatoms. The maximum Gasteiger partial charge on any atom is 0.425 e. The second-order valence-corrected chi connectivity index (χ2v) is 8.24.